The number of likely N-dealkylation sites (N-methyl/N-ethyl adjacent to an activating group) is 1. The minimum absolute atomic E-state index is 0.0536. The van der Waals surface area contributed by atoms with Gasteiger partial charge in [-0.1, -0.05) is 0 Å². The number of furan rings is 1. The molecule has 0 radical (unpaired) electrons. The Balaban J connectivity index is 1.92. The van der Waals surface area contributed by atoms with Gasteiger partial charge >= 0.3 is 6.09 Å². The molecule has 0 N–H and O–H groups in total. The van der Waals surface area contributed by atoms with Gasteiger partial charge < -0.3 is 14.1 Å². The standard InChI is InChI=1S/C18H28N2O4/c1-18(2,3)24-17(22)20-10-6-5-8-14(20)12-19(4)13-15(21)16-9-7-11-23-16/h7,9,11,14H,5-6,8,10,12-13H2,1-4H3/t14-/m1/s1. The van der Waals surface area contributed by atoms with Crippen molar-refractivity contribution in [1.29, 1.82) is 0 Å². The number of ether oxygens (including phenoxy) is 1. The van der Waals surface area contributed by atoms with Gasteiger partial charge in [0.1, 0.15) is 5.60 Å². The molecule has 2 rings (SSSR count). The number of rotatable bonds is 5. The fourth-order valence-corrected chi connectivity index (χ4v) is 2.94. The van der Waals surface area contributed by atoms with Crippen LogP contribution in [-0.2, 0) is 4.74 Å². The molecule has 6 heteroatoms. The number of piperidine rings is 1. The number of Topliss-reactive ketones (excluding diaryl/α,β-unsaturated/α-hetero) is 1. The quantitative estimate of drug-likeness (QED) is 0.773. The fraction of sp³-hybridized carbons (Fsp3) is 0.667. The number of likely N-dealkylation sites (tertiary alicyclic amines) is 1. The lowest BCUT2D eigenvalue weighted by Crippen LogP contribution is -2.50. The van der Waals surface area contributed by atoms with Gasteiger partial charge in [0, 0.05) is 19.1 Å². The van der Waals surface area contributed by atoms with Crippen LogP contribution in [-0.4, -0.2) is 60.0 Å². The molecule has 1 aliphatic heterocycles. The Hall–Kier alpha value is -1.82. The van der Waals surface area contributed by atoms with Crippen LogP contribution in [0.25, 0.3) is 0 Å². The lowest BCUT2D eigenvalue weighted by atomic mass is 10.0. The van der Waals surface area contributed by atoms with Crippen LogP contribution < -0.4 is 0 Å². The molecular weight excluding hydrogens is 308 g/mol. The highest BCUT2D eigenvalue weighted by Gasteiger charge is 2.31. The van der Waals surface area contributed by atoms with Gasteiger partial charge in [-0.2, -0.15) is 0 Å². The first-order valence-corrected chi connectivity index (χ1v) is 8.51. The van der Waals surface area contributed by atoms with E-state index in [1.165, 1.54) is 6.26 Å². The Morgan fingerprint density at radius 3 is 2.75 bits per heavy atom. The van der Waals surface area contributed by atoms with Crippen molar-refractivity contribution in [1.82, 2.24) is 9.80 Å². The van der Waals surface area contributed by atoms with Crippen LogP contribution >= 0.6 is 0 Å². The summed E-state index contributed by atoms with van der Waals surface area (Å²) in [5.41, 5.74) is -0.500. The van der Waals surface area contributed by atoms with Gasteiger partial charge in [0.05, 0.1) is 12.8 Å². The first kappa shape index (κ1) is 18.5. The van der Waals surface area contributed by atoms with Gasteiger partial charge in [-0.3, -0.25) is 9.69 Å². The molecule has 2 heterocycles. The van der Waals surface area contributed by atoms with Crippen LogP contribution in [0, 0.1) is 0 Å². The van der Waals surface area contributed by atoms with Gasteiger partial charge in [-0.05, 0) is 59.2 Å². The minimum Gasteiger partial charge on any atom is -0.461 e. The van der Waals surface area contributed by atoms with Crippen molar-refractivity contribution < 1.29 is 18.7 Å². The van der Waals surface area contributed by atoms with Crippen molar-refractivity contribution >= 4 is 11.9 Å². The number of ketones is 1. The third-order valence-electron chi connectivity index (χ3n) is 3.99. The molecule has 0 aliphatic carbocycles. The zero-order valence-corrected chi connectivity index (χ0v) is 15.1. The Morgan fingerprint density at radius 1 is 1.38 bits per heavy atom. The van der Waals surface area contributed by atoms with E-state index >= 15 is 0 Å². The highest BCUT2D eigenvalue weighted by Crippen LogP contribution is 2.21. The SMILES string of the molecule is CN(CC(=O)c1ccco1)C[C@H]1CCCCN1C(=O)OC(C)(C)C. The van der Waals surface area contributed by atoms with Gasteiger partial charge in [0.2, 0.25) is 5.78 Å². The van der Waals surface area contributed by atoms with Crippen molar-refractivity contribution in [3.63, 3.8) is 0 Å². The normalized spacial score (nSPS) is 18.7. The largest absolute Gasteiger partial charge is 0.461 e. The van der Waals surface area contributed by atoms with Crippen molar-refractivity contribution in [2.45, 2.75) is 51.7 Å². The maximum atomic E-state index is 12.4. The monoisotopic (exact) mass is 336 g/mol. The second-order valence-corrected chi connectivity index (χ2v) is 7.42. The van der Waals surface area contributed by atoms with Crippen molar-refractivity contribution in [3.8, 4) is 0 Å². The van der Waals surface area contributed by atoms with Crippen LogP contribution in [0.3, 0.4) is 0 Å². The van der Waals surface area contributed by atoms with E-state index in [1.807, 2.05) is 37.6 Å². The maximum absolute atomic E-state index is 12.4. The lowest BCUT2D eigenvalue weighted by molar-refractivity contribution is 0.00635. The molecule has 0 bridgehead atoms. The summed E-state index contributed by atoms with van der Waals surface area (Å²) in [4.78, 5) is 28.3. The second kappa shape index (κ2) is 7.83. The van der Waals surface area contributed by atoms with Gasteiger partial charge in [0.25, 0.3) is 0 Å². The van der Waals surface area contributed by atoms with Crippen molar-refractivity contribution in [3.05, 3.63) is 24.2 Å². The van der Waals surface area contributed by atoms with E-state index < -0.39 is 5.60 Å². The summed E-state index contributed by atoms with van der Waals surface area (Å²) in [6.07, 6.45) is 4.24. The summed E-state index contributed by atoms with van der Waals surface area (Å²) in [5, 5.41) is 0. The third kappa shape index (κ3) is 5.37. The molecule has 6 nitrogen and oxygen atoms in total. The lowest BCUT2D eigenvalue weighted by Gasteiger charge is -2.38. The van der Waals surface area contributed by atoms with Crippen LogP contribution in [0.5, 0.6) is 0 Å². The number of carbonyl (C=O) groups is 2. The third-order valence-corrected chi connectivity index (χ3v) is 3.99. The molecular formula is C18H28N2O4. The Bertz CT molecular complexity index is 548. The van der Waals surface area contributed by atoms with Gasteiger partial charge in [-0.25, -0.2) is 4.79 Å². The van der Waals surface area contributed by atoms with E-state index in [-0.39, 0.29) is 24.5 Å². The molecule has 134 valence electrons. The minimum atomic E-state index is -0.500. The summed E-state index contributed by atoms with van der Waals surface area (Å²) in [6, 6.07) is 3.45. The molecule has 0 spiro atoms. The van der Waals surface area contributed by atoms with E-state index in [1.54, 1.807) is 12.1 Å². The number of hydrogen-bond donors (Lipinski definition) is 0. The fourth-order valence-electron chi connectivity index (χ4n) is 2.94. The average molecular weight is 336 g/mol. The van der Waals surface area contributed by atoms with Crippen LogP contribution in [0.15, 0.2) is 22.8 Å². The summed E-state index contributed by atoms with van der Waals surface area (Å²) in [5.74, 6) is 0.316. The molecule has 1 aromatic heterocycles. The molecule has 0 saturated carbocycles. The zero-order chi connectivity index (χ0) is 17.7. The summed E-state index contributed by atoms with van der Waals surface area (Å²) in [7, 11) is 1.89. The Kier molecular flexibility index (Phi) is 6.04. The van der Waals surface area contributed by atoms with E-state index in [0.29, 0.717) is 18.8 Å². The van der Waals surface area contributed by atoms with Gasteiger partial charge in [-0.15, -0.1) is 0 Å². The molecule has 1 saturated heterocycles. The van der Waals surface area contributed by atoms with Crippen LogP contribution in [0.2, 0.25) is 0 Å². The Morgan fingerprint density at radius 2 is 2.12 bits per heavy atom. The molecule has 1 aliphatic rings. The van der Waals surface area contributed by atoms with E-state index in [9.17, 15) is 9.59 Å². The molecule has 24 heavy (non-hydrogen) atoms. The summed E-state index contributed by atoms with van der Waals surface area (Å²) >= 11 is 0. The highest BCUT2D eigenvalue weighted by atomic mass is 16.6. The molecule has 0 aromatic carbocycles. The second-order valence-electron chi connectivity index (χ2n) is 7.42. The summed E-state index contributed by atoms with van der Waals surface area (Å²) in [6.45, 7) is 7.24. The smallest absolute Gasteiger partial charge is 0.410 e. The summed E-state index contributed by atoms with van der Waals surface area (Å²) < 4.78 is 10.7. The van der Waals surface area contributed by atoms with Crippen LogP contribution in [0.1, 0.15) is 50.6 Å². The van der Waals surface area contributed by atoms with E-state index in [4.69, 9.17) is 9.15 Å². The molecule has 1 amide bonds. The van der Waals surface area contributed by atoms with E-state index in [0.717, 1.165) is 19.3 Å². The van der Waals surface area contributed by atoms with Crippen LogP contribution in [0.4, 0.5) is 4.79 Å². The Labute approximate surface area is 143 Å². The number of nitrogens with zero attached hydrogens (tertiary/aromatic N) is 2. The average Bonchev–Trinajstić information content (AvgIpc) is 3.00. The zero-order valence-electron chi connectivity index (χ0n) is 15.1. The number of carbonyl (C=O) groups excluding carboxylic acids is 2. The molecule has 1 atom stereocenters. The molecule has 1 aromatic rings. The predicted molar refractivity (Wildman–Crippen MR) is 91.1 cm³/mol. The number of hydrogen-bond acceptors (Lipinski definition) is 5. The highest BCUT2D eigenvalue weighted by molar-refractivity contribution is 5.94. The first-order chi connectivity index (χ1) is 11.3. The predicted octanol–water partition coefficient (Wildman–Crippen LogP) is 3.18. The molecule has 1 fully saturated rings. The molecule has 0 unspecified atom stereocenters. The van der Waals surface area contributed by atoms with Gasteiger partial charge in [0.15, 0.2) is 5.76 Å². The first-order valence-electron chi connectivity index (χ1n) is 8.51. The number of amides is 1. The van der Waals surface area contributed by atoms with Crippen molar-refractivity contribution in [2.24, 2.45) is 0 Å². The van der Waals surface area contributed by atoms with E-state index in [2.05, 4.69) is 0 Å². The maximum Gasteiger partial charge on any atom is 0.410 e. The topological polar surface area (TPSA) is 63.0 Å². The van der Waals surface area contributed by atoms with Crippen molar-refractivity contribution in [2.75, 3.05) is 26.7 Å².